The highest BCUT2D eigenvalue weighted by atomic mass is 127. The average Bonchev–Trinajstić information content (AvgIpc) is 2.29. The molecule has 84 valence electrons. The van der Waals surface area contributed by atoms with E-state index in [1.807, 2.05) is 22.6 Å². The van der Waals surface area contributed by atoms with E-state index in [0.29, 0.717) is 6.61 Å². The number of halogens is 1. The van der Waals surface area contributed by atoms with Gasteiger partial charge in [0.05, 0.1) is 13.2 Å². The predicted molar refractivity (Wildman–Crippen MR) is 64.9 cm³/mol. The number of carbonyl (C=O) groups excluding carboxylic acids is 1. The number of rotatable bonds is 4. The first-order valence-corrected chi connectivity index (χ1v) is 6.05. The third-order valence-electron chi connectivity index (χ3n) is 2.11. The van der Waals surface area contributed by atoms with Gasteiger partial charge in [0.2, 0.25) is 0 Å². The number of hydrogen-bond acceptors (Lipinski definition) is 4. The van der Waals surface area contributed by atoms with Crippen molar-refractivity contribution in [3.63, 3.8) is 0 Å². The zero-order chi connectivity index (χ0) is 11.1. The highest BCUT2D eigenvalue weighted by molar-refractivity contribution is 14.1. The Balaban J connectivity index is 2.10. The fraction of sp³-hybridized carbons (Fsp3) is 0.700. The highest BCUT2D eigenvalue weighted by Crippen LogP contribution is 2.02. The van der Waals surface area contributed by atoms with Crippen molar-refractivity contribution in [3.8, 4) is 12.3 Å². The highest BCUT2D eigenvalue weighted by Gasteiger charge is 2.14. The minimum atomic E-state index is -0.479. The number of alkyl halides is 1. The van der Waals surface area contributed by atoms with Gasteiger partial charge in [0.1, 0.15) is 6.61 Å². The lowest BCUT2D eigenvalue weighted by atomic mass is 10.4. The molecular formula is C10H14INO3. The number of nitrogens with zero attached hydrogens (tertiary/aromatic N) is 1. The number of carbonyl (C=O) groups is 1. The lowest BCUT2D eigenvalue weighted by molar-refractivity contribution is -0.142. The Labute approximate surface area is 103 Å². The maximum Gasteiger partial charge on any atom is 0.331 e. The number of terminal acetylenes is 1. The third-order valence-corrected chi connectivity index (χ3v) is 2.98. The van der Waals surface area contributed by atoms with E-state index in [-0.39, 0.29) is 5.97 Å². The van der Waals surface area contributed by atoms with Crippen LogP contribution in [0.4, 0.5) is 0 Å². The summed E-state index contributed by atoms with van der Waals surface area (Å²) in [5, 5.41) is 0. The molecule has 5 heteroatoms. The Morgan fingerprint density at radius 3 is 2.87 bits per heavy atom. The monoisotopic (exact) mass is 323 g/mol. The summed E-state index contributed by atoms with van der Waals surface area (Å²) >= 11 is 1.88. The van der Waals surface area contributed by atoms with Crippen molar-refractivity contribution >= 4 is 28.6 Å². The molecule has 1 saturated heterocycles. The fourth-order valence-electron chi connectivity index (χ4n) is 1.24. The van der Waals surface area contributed by atoms with Crippen molar-refractivity contribution in [2.75, 3.05) is 39.5 Å². The predicted octanol–water partition coefficient (Wildman–Crippen LogP) is 0.299. The van der Waals surface area contributed by atoms with Gasteiger partial charge in [0.25, 0.3) is 0 Å². The van der Waals surface area contributed by atoms with Gasteiger partial charge in [-0.1, -0.05) is 28.5 Å². The second-order valence-electron chi connectivity index (χ2n) is 3.15. The first-order chi connectivity index (χ1) is 7.24. The van der Waals surface area contributed by atoms with E-state index in [1.165, 1.54) is 0 Å². The van der Waals surface area contributed by atoms with Gasteiger partial charge < -0.3 is 9.47 Å². The summed E-state index contributed by atoms with van der Waals surface area (Å²) in [4.78, 5) is 13.4. The van der Waals surface area contributed by atoms with Gasteiger partial charge in [-0.05, 0) is 0 Å². The average molecular weight is 323 g/mol. The number of hydrogen-bond donors (Lipinski definition) is 0. The zero-order valence-electron chi connectivity index (χ0n) is 8.45. The van der Waals surface area contributed by atoms with Crippen molar-refractivity contribution in [2.45, 2.75) is 3.92 Å². The fourth-order valence-corrected chi connectivity index (χ4v) is 1.42. The summed E-state index contributed by atoms with van der Waals surface area (Å²) in [6, 6.07) is 0. The topological polar surface area (TPSA) is 38.8 Å². The smallest absolute Gasteiger partial charge is 0.331 e. The van der Waals surface area contributed by atoms with Crippen LogP contribution in [0.2, 0.25) is 0 Å². The van der Waals surface area contributed by atoms with E-state index in [4.69, 9.17) is 15.9 Å². The van der Waals surface area contributed by atoms with Crippen LogP contribution in [-0.4, -0.2) is 54.2 Å². The van der Waals surface area contributed by atoms with Crippen LogP contribution in [0.3, 0.4) is 0 Å². The van der Waals surface area contributed by atoms with Gasteiger partial charge in [0, 0.05) is 19.6 Å². The molecule has 1 aliphatic rings. The standard InChI is InChI=1S/C10H14INO3/c1-2-9(11)10(13)15-8-5-12-3-6-14-7-4-12/h1,9H,3-8H2. The third kappa shape index (κ3) is 4.82. The summed E-state index contributed by atoms with van der Waals surface area (Å²) < 4.78 is 9.75. The minimum absolute atomic E-state index is 0.327. The molecule has 1 unspecified atom stereocenters. The van der Waals surface area contributed by atoms with Crippen molar-refractivity contribution in [1.29, 1.82) is 0 Å². The van der Waals surface area contributed by atoms with Gasteiger partial charge >= 0.3 is 5.97 Å². The molecule has 0 aromatic rings. The molecule has 4 nitrogen and oxygen atoms in total. The van der Waals surface area contributed by atoms with E-state index in [0.717, 1.165) is 32.8 Å². The maximum atomic E-state index is 11.2. The normalized spacial score (nSPS) is 19.2. The lowest BCUT2D eigenvalue weighted by Crippen LogP contribution is -2.38. The Morgan fingerprint density at radius 1 is 1.60 bits per heavy atom. The van der Waals surface area contributed by atoms with Crippen LogP contribution in [0.25, 0.3) is 0 Å². The largest absolute Gasteiger partial charge is 0.463 e. The molecule has 0 radical (unpaired) electrons. The summed E-state index contributed by atoms with van der Waals surface area (Å²) in [7, 11) is 0. The van der Waals surface area contributed by atoms with Gasteiger partial charge in [-0.3, -0.25) is 4.90 Å². The van der Waals surface area contributed by atoms with Crippen LogP contribution in [0.15, 0.2) is 0 Å². The number of morpholine rings is 1. The van der Waals surface area contributed by atoms with Crippen LogP contribution >= 0.6 is 22.6 Å². The van der Waals surface area contributed by atoms with E-state index in [1.54, 1.807) is 0 Å². The number of ether oxygens (including phenoxy) is 2. The van der Waals surface area contributed by atoms with Gasteiger partial charge in [-0.2, -0.15) is 0 Å². The zero-order valence-corrected chi connectivity index (χ0v) is 10.6. The molecule has 0 aromatic heterocycles. The Hall–Kier alpha value is -0.320. The molecule has 0 aliphatic carbocycles. The molecule has 1 heterocycles. The molecular weight excluding hydrogens is 309 g/mol. The minimum Gasteiger partial charge on any atom is -0.463 e. The second kappa shape index (κ2) is 7.04. The molecule has 1 aliphatic heterocycles. The van der Waals surface area contributed by atoms with E-state index in [9.17, 15) is 4.79 Å². The maximum absolute atomic E-state index is 11.2. The molecule has 1 atom stereocenters. The van der Waals surface area contributed by atoms with Gasteiger partial charge in [-0.15, -0.1) is 6.42 Å². The van der Waals surface area contributed by atoms with Crippen molar-refractivity contribution in [3.05, 3.63) is 0 Å². The molecule has 0 bridgehead atoms. The van der Waals surface area contributed by atoms with Gasteiger partial charge in [0.15, 0.2) is 3.92 Å². The molecule has 0 N–H and O–H groups in total. The van der Waals surface area contributed by atoms with E-state index >= 15 is 0 Å². The molecule has 0 aromatic carbocycles. The Kier molecular flexibility index (Phi) is 5.98. The van der Waals surface area contributed by atoms with Crippen molar-refractivity contribution in [2.24, 2.45) is 0 Å². The molecule has 1 rings (SSSR count). The molecule has 1 fully saturated rings. The summed E-state index contributed by atoms with van der Waals surface area (Å²) in [5.41, 5.74) is 0. The lowest BCUT2D eigenvalue weighted by Gasteiger charge is -2.26. The molecule has 0 spiro atoms. The van der Waals surface area contributed by atoms with Crippen molar-refractivity contribution < 1.29 is 14.3 Å². The Bertz CT molecular complexity index is 246. The van der Waals surface area contributed by atoms with Crippen LogP contribution < -0.4 is 0 Å². The van der Waals surface area contributed by atoms with Crippen LogP contribution in [0, 0.1) is 12.3 Å². The van der Waals surface area contributed by atoms with Crippen LogP contribution in [0.5, 0.6) is 0 Å². The summed E-state index contributed by atoms with van der Waals surface area (Å²) in [6.45, 7) is 4.48. The molecule has 15 heavy (non-hydrogen) atoms. The van der Waals surface area contributed by atoms with E-state index < -0.39 is 3.92 Å². The van der Waals surface area contributed by atoms with Crippen molar-refractivity contribution in [1.82, 2.24) is 4.90 Å². The summed E-state index contributed by atoms with van der Waals surface area (Å²) in [5.74, 6) is 2.00. The van der Waals surface area contributed by atoms with Crippen LogP contribution in [-0.2, 0) is 14.3 Å². The SMILES string of the molecule is C#CC(I)C(=O)OCCN1CCOCC1. The Morgan fingerprint density at radius 2 is 2.27 bits per heavy atom. The first-order valence-electron chi connectivity index (χ1n) is 4.81. The summed E-state index contributed by atoms with van der Waals surface area (Å²) in [6.07, 6.45) is 5.10. The first kappa shape index (κ1) is 12.7. The van der Waals surface area contributed by atoms with Crippen LogP contribution in [0.1, 0.15) is 0 Å². The number of esters is 1. The second-order valence-corrected chi connectivity index (χ2v) is 4.40. The van der Waals surface area contributed by atoms with E-state index in [2.05, 4.69) is 10.8 Å². The molecule has 0 amide bonds. The van der Waals surface area contributed by atoms with Gasteiger partial charge in [-0.25, -0.2) is 4.79 Å². The molecule has 0 saturated carbocycles. The quantitative estimate of drug-likeness (QED) is 0.323.